The predicted octanol–water partition coefficient (Wildman–Crippen LogP) is 2.02. The highest BCUT2D eigenvalue weighted by atomic mass is 35.5. The summed E-state index contributed by atoms with van der Waals surface area (Å²) in [6.45, 7) is 5.01. The van der Waals surface area contributed by atoms with E-state index < -0.39 is 0 Å². The van der Waals surface area contributed by atoms with E-state index in [9.17, 15) is 4.79 Å². The standard InChI is InChI=1S/C16H24ClN3O/c1-12(18)14-6-8-20(9-7-14)11-16(21)19-10-13-2-4-15(17)5-3-13/h2-5,12,14H,6-11,18H2,1H3,(H,19,21). The molecule has 1 heterocycles. The Balaban J connectivity index is 1.69. The average molecular weight is 310 g/mol. The zero-order valence-corrected chi connectivity index (χ0v) is 13.3. The van der Waals surface area contributed by atoms with Crippen LogP contribution in [-0.2, 0) is 11.3 Å². The van der Waals surface area contributed by atoms with E-state index >= 15 is 0 Å². The molecule has 1 amide bonds. The SMILES string of the molecule is CC(N)C1CCN(CC(=O)NCc2ccc(Cl)cc2)CC1. The van der Waals surface area contributed by atoms with Crippen molar-refractivity contribution in [1.29, 1.82) is 0 Å². The van der Waals surface area contributed by atoms with Gasteiger partial charge in [0.05, 0.1) is 6.54 Å². The average Bonchev–Trinajstić information content (AvgIpc) is 2.47. The monoisotopic (exact) mass is 309 g/mol. The molecule has 21 heavy (non-hydrogen) atoms. The second-order valence-corrected chi connectivity index (χ2v) is 6.31. The van der Waals surface area contributed by atoms with Gasteiger partial charge in [0.15, 0.2) is 0 Å². The second kappa shape index (κ2) is 7.78. The van der Waals surface area contributed by atoms with Gasteiger partial charge in [0.2, 0.25) is 5.91 Å². The molecule has 4 nitrogen and oxygen atoms in total. The Morgan fingerprint density at radius 1 is 1.38 bits per heavy atom. The maximum absolute atomic E-state index is 12.0. The van der Waals surface area contributed by atoms with Gasteiger partial charge >= 0.3 is 0 Å². The third kappa shape index (κ3) is 5.30. The van der Waals surface area contributed by atoms with Crippen molar-refractivity contribution < 1.29 is 4.79 Å². The van der Waals surface area contributed by atoms with Crippen molar-refractivity contribution in [3.05, 3.63) is 34.9 Å². The molecule has 0 saturated carbocycles. The third-order valence-corrected chi connectivity index (χ3v) is 4.40. The van der Waals surface area contributed by atoms with Crippen LogP contribution in [0.4, 0.5) is 0 Å². The number of nitrogens with zero attached hydrogens (tertiary/aromatic N) is 1. The number of halogens is 1. The first-order valence-corrected chi connectivity index (χ1v) is 7.91. The van der Waals surface area contributed by atoms with Gasteiger partial charge in [0, 0.05) is 17.6 Å². The number of likely N-dealkylation sites (tertiary alicyclic amines) is 1. The van der Waals surface area contributed by atoms with Crippen molar-refractivity contribution in [3.8, 4) is 0 Å². The minimum atomic E-state index is 0.0733. The molecule has 0 radical (unpaired) electrons. The van der Waals surface area contributed by atoms with Crippen LogP contribution >= 0.6 is 11.6 Å². The van der Waals surface area contributed by atoms with Gasteiger partial charge in [-0.05, 0) is 56.5 Å². The molecule has 0 bridgehead atoms. The second-order valence-electron chi connectivity index (χ2n) is 5.88. The fourth-order valence-corrected chi connectivity index (χ4v) is 2.82. The number of hydrogen-bond acceptors (Lipinski definition) is 3. The highest BCUT2D eigenvalue weighted by Gasteiger charge is 2.22. The number of amides is 1. The third-order valence-electron chi connectivity index (χ3n) is 4.15. The summed E-state index contributed by atoms with van der Waals surface area (Å²) in [5, 5.41) is 3.66. The maximum atomic E-state index is 12.0. The van der Waals surface area contributed by atoms with Gasteiger partial charge < -0.3 is 11.1 Å². The Morgan fingerprint density at radius 3 is 2.57 bits per heavy atom. The minimum Gasteiger partial charge on any atom is -0.351 e. The predicted molar refractivity (Wildman–Crippen MR) is 86.1 cm³/mol. The molecule has 1 fully saturated rings. The molecule has 5 heteroatoms. The lowest BCUT2D eigenvalue weighted by Gasteiger charge is -2.33. The molecule has 1 aliphatic rings. The number of benzene rings is 1. The Kier molecular flexibility index (Phi) is 6.03. The Labute approximate surface area is 131 Å². The normalized spacial score (nSPS) is 18.4. The summed E-state index contributed by atoms with van der Waals surface area (Å²) in [4.78, 5) is 14.2. The molecular formula is C16H24ClN3O. The van der Waals surface area contributed by atoms with Crippen molar-refractivity contribution >= 4 is 17.5 Å². The molecular weight excluding hydrogens is 286 g/mol. The van der Waals surface area contributed by atoms with E-state index in [1.54, 1.807) is 0 Å². The van der Waals surface area contributed by atoms with Gasteiger partial charge in [-0.1, -0.05) is 23.7 Å². The van der Waals surface area contributed by atoms with Gasteiger partial charge in [-0.25, -0.2) is 0 Å². The van der Waals surface area contributed by atoms with Crippen molar-refractivity contribution in [3.63, 3.8) is 0 Å². The summed E-state index contributed by atoms with van der Waals surface area (Å²) in [7, 11) is 0. The summed E-state index contributed by atoms with van der Waals surface area (Å²) in [6, 6.07) is 7.78. The van der Waals surface area contributed by atoms with Gasteiger partial charge in [-0.2, -0.15) is 0 Å². The van der Waals surface area contributed by atoms with Crippen LogP contribution in [0, 0.1) is 5.92 Å². The van der Waals surface area contributed by atoms with E-state index in [0.29, 0.717) is 24.0 Å². The lowest BCUT2D eigenvalue weighted by atomic mass is 9.91. The number of rotatable bonds is 5. The summed E-state index contributed by atoms with van der Waals surface area (Å²) in [6.07, 6.45) is 2.17. The molecule has 3 N–H and O–H groups in total. The molecule has 1 atom stereocenters. The van der Waals surface area contributed by atoms with Gasteiger partial charge in [-0.15, -0.1) is 0 Å². The van der Waals surface area contributed by atoms with Crippen LogP contribution in [0.25, 0.3) is 0 Å². The van der Waals surface area contributed by atoms with Gasteiger partial charge in [0.1, 0.15) is 0 Å². The van der Waals surface area contributed by atoms with E-state index in [2.05, 4.69) is 17.1 Å². The molecule has 1 aromatic carbocycles. The smallest absolute Gasteiger partial charge is 0.234 e. The Hall–Kier alpha value is -1.10. The summed E-state index contributed by atoms with van der Waals surface area (Å²) >= 11 is 5.83. The van der Waals surface area contributed by atoms with Crippen LogP contribution in [0.2, 0.25) is 5.02 Å². The maximum Gasteiger partial charge on any atom is 0.234 e. The van der Waals surface area contributed by atoms with Gasteiger partial charge in [-0.3, -0.25) is 9.69 Å². The minimum absolute atomic E-state index is 0.0733. The fourth-order valence-electron chi connectivity index (χ4n) is 2.70. The highest BCUT2D eigenvalue weighted by molar-refractivity contribution is 6.30. The molecule has 2 rings (SSSR count). The van der Waals surface area contributed by atoms with E-state index in [1.165, 1.54) is 0 Å². The summed E-state index contributed by atoms with van der Waals surface area (Å²) in [5.41, 5.74) is 6.99. The van der Waals surface area contributed by atoms with Crippen LogP contribution in [0.5, 0.6) is 0 Å². The molecule has 0 aromatic heterocycles. The van der Waals surface area contributed by atoms with E-state index in [1.807, 2.05) is 24.3 Å². The Morgan fingerprint density at radius 2 is 2.00 bits per heavy atom. The van der Waals surface area contributed by atoms with E-state index in [-0.39, 0.29) is 11.9 Å². The number of hydrogen-bond donors (Lipinski definition) is 2. The van der Waals surface area contributed by atoms with Crippen molar-refractivity contribution in [1.82, 2.24) is 10.2 Å². The van der Waals surface area contributed by atoms with Crippen LogP contribution in [0.3, 0.4) is 0 Å². The first-order chi connectivity index (χ1) is 10.0. The lowest BCUT2D eigenvalue weighted by Crippen LogP contribution is -2.44. The number of nitrogens with one attached hydrogen (secondary N) is 1. The molecule has 1 unspecified atom stereocenters. The van der Waals surface area contributed by atoms with Crippen LogP contribution < -0.4 is 11.1 Å². The van der Waals surface area contributed by atoms with Crippen LogP contribution in [0.1, 0.15) is 25.3 Å². The van der Waals surface area contributed by atoms with Gasteiger partial charge in [0.25, 0.3) is 0 Å². The first-order valence-electron chi connectivity index (χ1n) is 7.53. The zero-order chi connectivity index (χ0) is 15.2. The zero-order valence-electron chi connectivity index (χ0n) is 12.5. The van der Waals surface area contributed by atoms with E-state index in [0.717, 1.165) is 31.5 Å². The lowest BCUT2D eigenvalue weighted by molar-refractivity contribution is -0.122. The number of carbonyl (C=O) groups excluding carboxylic acids is 1. The largest absolute Gasteiger partial charge is 0.351 e. The van der Waals surface area contributed by atoms with Crippen LogP contribution in [0.15, 0.2) is 24.3 Å². The van der Waals surface area contributed by atoms with Crippen molar-refractivity contribution in [2.45, 2.75) is 32.4 Å². The molecule has 0 spiro atoms. The number of piperidine rings is 1. The molecule has 116 valence electrons. The molecule has 0 aliphatic carbocycles. The fraction of sp³-hybridized carbons (Fsp3) is 0.562. The van der Waals surface area contributed by atoms with E-state index in [4.69, 9.17) is 17.3 Å². The summed E-state index contributed by atoms with van der Waals surface area (Å²) < 4.78 is 0. The Bertz CT molecular complexity index is 453. The molecule has 1 aromatic rings. The molecule has 1 saturated heterocycles. The first kappa shape index (κ1) is 16.3. The summed E-state index contributed by atoms with van der Waals surface area (Å²) in [5.74, 6) is 0.669. The topological polar surface area (TPSA) is 58.4 Å². The van der Waals surface area contributed by atoms with Crippen molar-refractivity contribution in [2.75, 3.05) is 19.6 Å². The van der Waals surface area contributed by atoms with Crippen molar-refractivity contribution in [2.24, 2.45) is 11.7 Å². The quantitative estimate of drug-likeness (QED) is 0.875. The number of nitrogens with two attached hydrogens (primary N) is 1. The molecule has 1 aliphatic heterocycles. The highest BCUT2D eigenvalue weighted by Crippen LogP contribution is 2.19. The number of carbonyl (C=O) groups is 1. The van der Waals surface area contributed by atoms with Crippen LogP contribution in [-0.4, -0.2) is 36.5 Å².